The number of nitrogens with one attached hydrogen (secondary N) is 1. The van der Waals surface area contributed by atoms with Crippen molar-refractivity contribution < 1.29 is 22.8 Å². The molecule has 2 fully saturated rings. The number of carbonyl (C=O) groups is 2. The van der Waals surface area contributed by atoms with Gasteiger partial charge in [-0.3, -0.25) is 19.2 Å². The van der Waals surface area contributed by atoms with Gasteiger partial charge in [0, 0.05) is 38.7 Å². The second-order valence-electron chi connectivity index (χ2n) is 7.23. The first kappa shape index (κ1) is 19.7. The first-order chi connectivity index (χ1) is 12.8. The number of carbonyl (C=O) groups excluding carboxylic acids is 2. The van der Waals surface area contributed by atoms with Crippen LogP contribution in [0.2, 0.25) is 0 Å². The standard InChI is InChI=1S/C17H24F3N5O2/c18-17(19,20)12-23-5-3-13(10-23)8-15(26)22-14-9-21-25(11-14)7-6-24-4-1-2-16(24)27/h9,11,13H,1-8,10,12H2,(H,22,26). The molecule has 0 bridgehead atoms. The maximum Gasteiger partial charge on any atom is 0.401 e. The lowest BCUT2D eigenvalue weighted by Crippen LogP contribution is -2.32. The van der Waals surface area contributed by atoms with Crippen molar-refractivity contribution in [1.29, 1.82) is 0 Å². The molecular weight excluding hydrogens is 363 g/mol. The Kier molecular flexibility index (Phi) is 6.03. The first-order valence-electron chi connectivity index (χ1n) is 9.18. The topological polar surface area (TPSA) is 70.5 Å². The average Bonchev–Trinajstić information content (AvgIpc) is 3.27. The molecule has 1 aromatic rings. The van der Waals surface area contributed by atoms with Gasteiger partial charge in [0.1, 0.15) is 0 Å². The number of rotatable bonds is 7. The molecule has 27 heavy (non-hydrogen) atoms. The number of amides is 2. The molecule has 0 aliphatic carbocycles. The average molecular weight is 387 g/mol. The number of nitrogens with zero attached hydrogens (tertiary/aromatic N) is 4. The molecule has 3 heterocycles. The van der Waals surface area contributed by atoms with E-state index in [9.17, 15) is 22.8 Å². The normalized spacial score (nSPS) is 21.2. The monoisotopic (exact) mass is 387 g/mol. The Balaban J connectivity index is 1.40. The van der Waals surface area contributed by atoms with Crippen LogP contribution >= 0.6 is 0 Å². The molecule has 2 aliphatic rings. The molecule has 0 aromatic carbocycles. The fraction of sp³-hybridized carbons (Fsp3) is 0.706. The number of hydrogen-bond acceptors (Lipinski definition) is 4. The van der Waals surface area contributed by atoms with Gasteiger partial charge in [-0.25, -0.2) is 0 Å². The molecule has 1 unspecified atom stereocenters. The molecule has 3 rings (SSSR count). The van der Waals surface area contributed by atoms with Crippen LogP contribution in [0.1, 0.15) is 25.7 Å². The van der Waals surface area contributed by atoms with E-state index < -0.39 is 12.7 Å². The Hall–Kier alpha value is -2.10. The van der Waals surface area contributed by atoms with Gasteiger partial charge in [-0.15, -0.1) is 0 Å². The number of halogens is 3. The molecule has 0 radical (unpaired) electrons. The summed E-state index contributed by atoms with van der Waals surface area (Å²) in [6.07, 6.45) is 1.31. The molecular formula is C17H24F3N5O2. The van der Waals surface area contributed by atoms with Gasteiger partial charge in [-0.2, -0.15) is 18.3 Å². The predicted octanol–water partition coefficient (Wildman–Crippen LogP) is 1.72. The number of anilines is 1. The van der Waals surface area contributed by atoms with E-state index in [2.05, 4.69) is 10.4 Å². The van der Waals surface area contributed by atoms with Crippen LogP contribution in [0.25, 0.3) is 0 Å². The summed E-state index contributed by atoms with van der Waals surface area (Å²) in [4.78, 5) is 26.9. The zero-order chi connectivity index (χ0) is 19.4. The Labute approximate surface area is 155 Å². The number of alkyl halides is 3. The highest BCUT2D eigenvalue weighted by atomic mass is 19.4. The lowest BCUT2D eigenvalue weighted by atomic mass is 10.0. The molecule has 2 aliphatic heterocycles. The summed E-state index contributed by atoms with van der Waals surface area (Å²) in [5.41, 5.74) is 0.554. The molecule has 2 saturated heterocycles. The van der Waals surface area contributed by atoms with E-state index in [1.807, 2.05) is 0 Å². The molecule has 10 heteroatoms. The highest BCUT2D eigenvalue weighted by Crippen LogP contribution is 2.24. The predicted molar refractivity (Wildman–Crippen MR) is 91.9 cm³/mol. The van der Waals surface area contributed by atoms with Gasteiger partial charge < -0.3 is 10.2 Å². The van der Waals surface area contributed by atoms with Gasteiger partial charge in [0.25, 0.3) is 0 Å². The van der Waals surface area contributed by atoms with Crippen LogP contribution in [0.3, 0.4) is 0 Å². The van der Waals surface area contributed by atoms with Crippen LogP contribution in [0.15, 0.2) is 12.4 Å². The quantitative estimate of drug-likeness (QED) is 0.774. The third kappa shape index (κ3) is 5.95. The lowest BCUT2D eigenvalue weighted by molar-refractivity contribution is -0.143. The van der Waals surface area contributed by atoms with Crippen LogP contribution in [0, 0.1) is 5.92 Å². The maximum atomic E-state index is 12.4. The van der Waals surface area contributed by atoms with Crippen molar-refractivity contribution in [2.24, 2.45) is 5.92 Å². The van der Waals surface area contributed by atoms with Gasteiger partial charge in [-0.05, 0) is 25.3 Å². The van der Waals surface area contributed by atoms with Gasteiger partial charge in [0.15, 0.2) is 0 Å². The van der Waals surface area contributed by atoms with Crippen molar-refractivity contribution in [3.05, 3.63) is 12.4 Å². The Bertz CT molecular complexity index is 676. The van der Waals surface area contributed by atoms with Crippen molar-refractivity contribution >= 4 is 17.5 Å². The van der Waals surface area contributed by atoms with Crippen LogP contribution in [0.4, 0.5) is 18.9 Å². The minimum absolute atomic E-state index is 0.0661. The van der Waals surface area contributed by atoms with E-state index in [0.29, 0.717) is 38.2 Å². The van der Waals surface area contributed by atoms with Crippen molar-refractivity contribution in [3.8, 4) is 0 Å². The van der Waals surface area contributed by atoms with Crippen molar-refractivity contribution in [1.82, 2.24) is 19.6 Å². The lowest BCUT2D eigenvalue weighted by Gasteiger charge is -2.17. The highest BCUT2D eigenvalue weighted by molar-refractivity contribution is 5.90. The SMILES string of the molecule is O=C(CC1CCN(CC(F)(F)F)C1)Nc1cnn(CCN2CCCC2=O)c1. The maximum absolute atomic E-state index is 12.4. The second kappa shape index (κ2) is 8.28. The minimum atomic E-state index is -4.20. The largest absolute Gasteiger partial charge is 0.401 e. The third-order valence-corrected chi connectivity index (χ3v) is 4.93. The summed E-state index contributed by atoms with van der Waals surface area (Å²) in [7, 11) is 0. The summed E-state index contributed by atoms with van der Waals surface area (Å²) in [5.74, 6) is -0.126. The first-order valence-corrected chi connectivity index (χ1v) is 9.18. The van der Waals surface area contributed by atoms with Crippen LogP contribution in [-0.2, 0) is 16.1 Å². The smallest absolute Gasteiger partial charge is 0.341 e. The van der Waals surface area contributed by atoms with Crippen LogP contribution < -0.4 is 5.32 Å². The zero-order valence-corrected chi connectivity index (χ0v) is 15.0. The Morgan fingerprint density at radius 2 is 2.11 bits per heavy atom. The summed E-state index contributed by atoms with van der Waals surface area (Å²) in [6.45, 7) is 1.65. The zero-order valence-electron chi connectivity index (χ0n) is 15.0. The van der Waals surface area contributed by atoms with E-state index in [4.69, 9.17) is 0 Å². The van der Waals surface area contributed by atoms with Crippen molar-refractivity contribution in [2.75, 3.05) is 38.0 Å². The molecule has 1 aromatic heterocycles. The number of hydrogen-bond donors (Lipinski definition) is 1. The molecule has 2 amide bonds. The van der Waals surface area contributed by atoms with Crippen LogP contribution in [0.5, 0.6) is 0 Å². The molecule has 7 nitrogen and oxygen atoms in total. The molecule has 150 valence electrons. The van der Waals surface area contributed by atoms with Gasteiger partial charge >= 0.3 is 6.18 Å². The summed E-state index contributed by atoms with van der Waals surface area (Å²) in [6, 6.07) is 0. The Morgan fingerprint density at radius 1 is 1.30 bits per heavy atom. The summed E-state index contributed by atoms with van der Waals surface area (Å²) < 4.78 is 38.9. The summed E-state index contributed by atoms with van der Waals surface area (Å²) in [5, 5.41) is 6.92. The van der Waals surface area contributed by atoms with Crippen LogP contribution in [-0.4, -0.2) is 70.3 Å². The number of likely N-dealkylation sites (tertiary alicyclic amines) is 2. The number of aromatic nitrogens is 2. The fourth-order valence-electron chi connectivity index (χ4n) is 3.66. The van der Waals surface area contributed by atoms with Gasteiger partial charge in [0.2, 0.25) is 11.8 Å². The second-order valence-corrected chi connectivity index (χ2v) is 7.23. The van der Waals surface area contributed by atoms with Gasteiger partial charge in [0.05, 0.1) is 25.0 Å². The summed E-state index contributed by atoms with van der Waals surface area (Å²) >= 11 is 0. The molecule has 0 spiro atoms. The third-order valence-electron chi connectivity index (χ3n) is 4.93. The van der Waals surface area contributed by atoms with E-state index in [1.54, 1.807) is 15.8 Å². The van der Waals surface area contributed by atoms with Gasteiger partial charge in [-0.1, -0.05) is 0 Å². The highest BCUT2D eigenvalue weighted by Gasteiger charge is 2.34. The molecule has 0 saturated carbocycles. The minimum Gasteiger partial charge on any atom is -0.341 e. The Morgan fingerprint density at radius 3 is 2.81 bits per heavy atom. The molecule has 1 atom stereocenters. The van der Waals surface area contributed by atoms with E-state index >= 15 is 0 Å². The molecule has 1 N–H and O–H groups in total. The van der Waals surface area contributed by atoms with E-state index in [1.165, 1.54) is 11.1 Å². The van der Waals surface area contributed by atoms with Crippen molar-refractivity contribution in [3.63, 3.8) is 0 Å². The van der Waals surface area contributed by atoms with E-state index in [-0.39, 0.29) is 30.7 Å². The van der Waals surface area contributed by atoms with E-state index in [0.717, 1.165) is 13.0 Å². The van der Waals surface area contributed by atoms with Crippen molar-refractivity contribution in [2.45, 2.75) is 38.4 Å². The fourth-order valence-corrected chi connectivity index (χ4v) is 3.66.